The topological polar surface area (TPSA) is 91.4 Å². The molecule has 1 atom stereocenters. The molecule has 3 rings (SSSR count). The fourth-order valence-electron chi connectivity index (χ4n) is 2.45. The van der Waals surface area contributed by atoms with Crippen molar-refractivity contribution in [3.8, 4) is 0 Å². The summed E-state index contributed by atoms with van der Waals surface area (Å²) in [6, 6.07) is 8.33. The number of imide groups is 1. The third-order valence-electron chi connectivity index (χ3n) is 3.64. The van der Waals surface area contributed by atoms with Gasteiger partial charge in [-0.25, -0.2) is 9.78 Å². The van der Waals surface area contributed by atoms with Crippen molar-refractivity contribution in [3.05, 3.63) is 47.5 Å². The van der Waals surface area contributed by atoms with Crippen LogP contribution < -0.4 is 10.6 Å². The molecule has 1 unspecified atom stereocenters. The van der Waals surface area contributed by atoms with Gasteiger partial charge in [-0.15, -0.1) is 11.3 Å². The molecule has 2 N–H and O–H groups in total. The lowest BCUT2D eigenvalue weighted by molar-refractivity contribution is -0.129. The fourth-order valence-corrected chi connectivity index (χ4v) is 3.00. The predicted octanol–water partition coefficient (Wildman–Crippen LogP) is 1.63. The second-order valence-electron chi connectivity index (χ2n) is 5.32. The Kier molecular flexibility index (Phi) is 4.85. The SMILES string of the molecule is O=C(CC1NC(=O)N(CCc2ccccc2)C1=O)Nc1nccs1. The van der Waals surface area contributed by atoms with Gasteiger partial charge in [0.05, 0.1) is 6.42 Å². The maximum Gasteiger partial charge on any atom is 0.324 e. The maximum atomic E-state index is 12.3. The summed E-state index contributed by atoms with van der Waals surface area (Å²) in [5, 5.41) is 7.37. The van der Waals surface area contributed by atoms with Crippen molar-refractivity contribution < 1.29 is 14.4 Å². The summed E-state index contributed by atoms with van der Waals surface area (Å²) >= 11 is 1.29. The Bertz CT molecular complexity index is 733. The van der Waals surface area contributed by atoms with Gasteiger partial charge in [-0.1, -0.05) is 30.3 Å². The molecule has 2 heterocycles. The van der Waals surface area contributed by atoms with Gasteiger partial charge in [-0.3, -0.25) is 14.5 Å². The van der Waals surface area contributed by atoms with E-state index < -0.39 is 12.1 Å². The van der Waals surface area contributed by atoms with Crippen molar-refractivity contribution in [2.75, 3.05) is 11.9 Å². The average Bonchev–Trinajstić information content (AvgIpc) is 3.16. The Morgan fingerprint density at radius 1 is 1.29 bits per heavy atom. The zero-order valence-electron chi connectivity index (χ0n) is 12.8. The number of amides is 4. The van der Waals surface area contributed by atoms with E-state index >= 15 is 0 Å². The molecule has 1 saturated heterocycles. The van der Waals surface area contributed by atoms with Crippen LogP contribution >= 0.6 is 11.3 Å². The number of rotatable bonds is 6. The fraction of sp³-hybridized carbons (Fsp3) is 0.250. The van der Waals surface area contributed by atoms with Crippen LogP contribution in [-0.2, 0) is 16.0 Å². The summed E-state index contributed by atoms with van der Waals surface area (Å²) in [6.07, 6.45) is 2.05. The molecule has 1 aromatic carbocycles. The number of anilines is 1. The number of carbonyl (C=O) groups excluding carboxylic acids is 3. The van der Waals surface area contributed by atoms with Crippen molar-refractivity contribution in [1.29, 1.82) is 0 Å². The van der Waals surface area contributed by atoms with Crippen molar-refractivity contribution in [2.24, 2.45) is 0 Å². The number of aromatic nitrogens is 1. The van der Waals surface area contributed by atoms with E-state index in [1.807, 2.05) is 30.3 Å². The highest BCUT2D eigenvalue weighted by molar-refractivity contribution is 7.13. The Morgan fingerprint density at radius 2 is 2.08 bits per heavy atom. The van der Waals surface area contributed by atoms with Gasteiger partial charge in [0.2, 0.25) is 5.91 Å². The number of hydrogen-bond donors (Lipinski definition) is 2. The Labute approximate surface area is 142 Å². The molecule has 1 aliphatic rings. The zero-order chi connectivity index (χ0) is 16.9. The van der Waals surface area contributed by atoms with E-state index in [9.17, 15) is 14.4 Å². The normalized spacial score (nSPS) is 17.0. The van der Waals surface area contributed by atoms with E-state index in [0.717, 1.165) is 10.5 Å². The summed E-state index contributed by atoms with van der Waals surface area (Å²) in [5.41, 5.74) is 1.04. The third kappa shape index (κ3) is 3.77. The second-order valence-corrected chi connectivity index (χ2v) is 6.21. The highest BCUT2D eigenvalue weighted by atomic mass is 32.1. The molecule has 7 nitrogen and oxygen atoms in total. The van der Waals surface area contributed by atoms with E-state index in [1.165, 1.54) is 11.3 Å². The molecule has 0 aliphatic carbocycles. The largest absolute Gasteiger partial charge is 0.325 e. The van der Waals surface area contributed by atoms with E-state index in [-0.39, 0.29) is 18.2 Å². The van der Waals surface area contributed by atoms with Gasteiger partial charge in [0, 0.05) is 18.1 Å². The number of nitrogens with zero attached hydrogens (tertiary/aromatic N) is 2. The van der Waals surface area contributed by atoms with Gasteiger partial charge in [0.25, 0.3) is 5.91 Å². The molecule has 1 aliphatic heterocycles. The number of carbonyl (C=O) groups is 3. The van der Waals surface area contributed by atoms with E-state index in [0.29, 0.717) is 18.1 Å². The van der Waals surface area contributed by atoms with Gasteiger partial charge >= 0.3 is 6.03 Å². The van der Waals surface area contributed by atoms with E-state index in [2.05, 4.69) is 15.6 Å². The molecule has 1 fully saturated rings. The highest BCUT2D eigenvalue weighted by Gasteiger charge is 2.38. The summed E-state index contributed by atoms with van der Waals surface area (Å²) < 4.78 is 0. The molecule has 4 amide bonds. The number of benzene rings is 1. The Morgan fingerprint density at radius 3 is 2.79 bits per heavy atom. The summed E-state index contributed by atoms with van der Waals surface area (Å²) in [5.74, 6) is -0.723. The molecule has 124 valence electrons. The van der Waals surface area contributed by atoms with Crippen LogP contribution in [-0.4, -0.2) is 40.3 Å². The lowest BCUT2D eigenvalue weighted by Gasteiger charge is -2.12. The second kappa shape index (κ2) is 7.22. The standard InChI is InChI=1S/C16H16N4O3S/c21-13(19-15-17-7-9-24-15)10-12-14(22)20(16(23)18-12)8-6-11-4-2-1-3-5-11/h1-5,7,9,12H,6,8,10H2,(H,18,23)(H,17,19,21). The minimum atomic E-state index is -0.826. The Hall–Kier alpha value is -2.74. The molecule has 0 bridgehead atoms. The summed E-state index contributed by atoms with van der Waals surface area (Å²) in [7, 11) is 0. The quantitative estimate of drug-likeness (QED) is 0.779. The molecule has 1 aromatic heterocycles. The number of urea groups is 1. The molecule has 8 heteroatoms. The minimum absolute atomic E-state index is 0.105. The van der Waals surface area contributed by atoms with Crippen LogP contribution in [0.5, 0.6) is 0 Å². The molecular weight excluding hydrogens is 328 g/mol. The first-order chi connectivity index (χ1) is 11.6. The third-order valence-corrected chi connectivity index (χ3v) is 4.33. The number of thiazole rings is 1. The van der Waals surface area contributed by atoms with Crippen molar-refractivity contribution in [3.63, 3.8) is 0 Å². The van der Waals surface area contributed by atoms with Crippen molar-refractivity contribution >= 4 is 34.3 Å². The van der Waals surface area contributed by atoms with Gasteiger partial charge in [0.15, 0.2) is 5.13 Å². The number of nitrogens with one attached hydrogen (secondary N) is 2. The van der Waals surface area contributed by atoms with Crippen molar-refractivity contribution in [1.82, 2.24) is 15.2 Å². The Balaban J connectivity index is 1.54. The average molecular weight is 344 g/mol. The van der Waals surface area contributed by atoms with Gasteiger partial charge in [-0.2, -0.15) is 0 Å². The molecule has 0 saturated carbocycles. The molecule has 24 heavy (non-hydrogen) atoms. The molecule has 2 aromatic rings. The maximum absolute atomic E-state index is 12.3. The first-order valence-corrected chi connectivity index (χ1v) is 8.36. The van der Waals surface area contributed by atoms with Crippen LogP contribution in [0.15, 0.2) is 41.9 Å². The van der Waals surface area contributed by atoms with Crippen LogP contribution in [0.25, 0.3) is 0 Å². The highest BCUT2D eigenvalue weighted by Crippen LogP contribution is 2.14. The lowest BCUT2D eigenvalue weighted by atomic mass is 10.1. The first kappa shape index (κ1) is 16.1. The predicted molar refractivity (Wildman–Crippen MR) is 89.5 cm³/mol. The van der Waals surface area contributed by atoms with Gasteiger partial charge in [0.1, 0.15) is 6.04 Å². The molecule has 0 spiro atoms. The van der Waals surface area contributed by atoms with Gasteiger partial charge in [-0.05, 0) is 12.0 Å². The van der Waals surface area contributed by atoms with E-state index in [1.54, 1.807) is 11.6 Å². The molecular formula is C16H16N4O3S. The summed E-state index contributed by atoms with van der Waals surface area (Å²) in [6.45, 7) is 0.291. The first-order valence-electron chi connectivity index (χ1n) is 7.48. The monoisotopic (exact) mass is 344 g/mol. The minimum Gasteiger partial charge on any atom is -0.325 e. The van der Waals surface area contributed by atoms with Crippen molar-refractivity contribution in [2.45, 2.75) is 18.9 Å². The van der Waals surface area contributed by atoms with Crippen LogP contribution in [0.4, 0.5) is 9.93 Å². The van der Waals surface area contributed by atoms with Crippen LogP contribution in [0.3, 0.4) is 0 Å². The van der Waals surface area contributed by atoms with E-state index in [4.69, 9.17) is 0 Å². The van der Waals surface area contributed by atoms with Crippen LogP contribution in [0.2, 0.25) is 0 Å². The smallest absolute Gasteiger partial charge is 0.324 e. The zero-order valence-corrected chi connectivity index (χ0v) is 13.6. The summed E-state index contributed by atoms with van der Waals surface area (Å²) in [4.78, 5) is 41.3. The number of hydrogen-bond acceptors (Lipinski definition) is 5. The van der Waals surface area contributed by atoms with Crippen LogP contribution in [0.1, 0.15) is 12.0 Å². The van der Waals surface area contributed by atoms with Crippen LogP contribution in [0, 0.1) is 0 Å². The molecule has 0 radical (unpaired) electrons. The van der Waals surface area contributed by atoms with Gasteiger partial charge < -0.3 is 10.6 Å². The lowest BCUT2D eigenvalue weighted by Crippen LogP contribution is -2.34.